The van der Waals surface area contributed by atoms with E-state index in [9.17, 15) is 0 Å². The van der Waals surface area contributed by atoms with Gasteiger partial charge in [0.05, 0.1) is 5.38 Å². The zero-order valence-corrected chi connectivity index (χ0v) is 10.7. The Hall–Kier alpha value is -0.890. The average Bonchev–Trinajstić information content (AvgIpc) is 2.26. The maximum absolute atomic E-state index is 6.43. The van der Waals surface area contributed by atoms with Crippen LogP contribution < -0.4 is 9.47 Å². The lowest BCUT2D eigenvalue weighted by Gasteiger charge is -2.27. The van der Waals surface area contributed by atoms with Gasteiger partial charge in [-0.3, -0.25) is 0 Å². The molecule has 88 valence electrons. The van der Waals surface area contributed by atoms with Gasteiger partial charge in [0.1, 0.15) is 13.2 Å². The summed E-state index contributed by atoms with van der Waals surface area (Å²) in [6, 6.07) is 5.93. The SMILES string of the molecule is CC(C)(C)C(Cl)c1ccc2c(c1)OCCO2. The van der Waals surface area contributed by atoms with Crippen LogP contribution in [0.2, 0.25) is 0 Å². The van der Waals surface area contributed by atoms with Gasteiger partial charge in [0.25, 0.3) is 0 Å². The molecule has 2 nitrogen and oxygen atoms in total. The highest BCUT2D eigenvalue weighted by Gasteiger charge is 2.25. The summed E-state index contributed by atoms with van der Waals surface area (Å²) in [5.41, 5.74) is 1.11. The van der Waals surface area contributed by atoms with Crippen LogP contribution >= 0.6 is 11.6 Å². The van der Waals surface area contributed by atoms with Crippen LogP contribution in [0.4, 0.5) is 0 Å². The van der Waals surface area contributed by atoms with Crippen molar-refractivity contribution in [1.82, 2.24) is 0 Å². The second kappa shape index (κ2) is 4.17. The lowest BCUT2D eigenvalue weighted by molar-refractivity contribution is 0.171. The van der Waals surface area contributed by atoms with Crippen LogP contribution in [0.3, 0.4) is 0 Å². The van der Waals surface area contributed by atoms with Crippen molar-refractivity contribution < 1.29 is 9.47 Å². The summed E-state index contributed by atoms with van der Waals surface area (Å²) in [5.74, 6) is 1.62. The highest BCUT2D eigenvalue weighted by Crippen LogP contribution is 2.41. The number of hydrogen-bond donors (Lipinski definition) is 0. The fraction of sp³-hybridized carbons (Fsp3) is 0.538. The minimum atomic E-state index is -0.0247. The molecule has 1 aliphatic heterocycles. The monoisotopic (exact) mass is 240 g/mol. The van der Waals surface area contributed by atoms with Crippen molar-refractivity contribution in [3.05, 3.63) is 23.8 Å². The molecular formula is C13H17ClO2. The molecular weight excluding hydrogens is 224 g/mol. The van der Waals surface area contributed by atoms with E-state index in [0.717, 1.165) is 17.1 Å². The van der Waals surface area contributed by atoms with E-state index >= 15 is 0 Å². The van der Waals surface area contributed by atoms with E-state index in [1.165, 1.54) is 0 Å². The van der Waals surface area contributed by atoms with E-state index in [2.05, 4.69) is 20.8 Å². The molecule has 0 saturated carbocycles. The maximum Gasteiger partial charge on any atom is 0.161 e. The summed E-state index contributed by atoms with van der Waals surface area (Å²) >= 11 is 6.43. The van der Waals surface area contributed by atoms with E-state index in [-0.39, 0.29) is 10.8 Å². The Labute approximate surface area is 102 Å². The molecule has 0 spiro atoms. The predicted molar refractivity (Wildman–Crippen MR) is 65.5 cm³/mol. The molecule has 1 atom stereocenters. The number of benzene rings is 1. The van der Waals surface area contributed by atoms with Crippen LogP contribution in [-0.2, 0) is 0 Å². The molecule has 0 aromatic heterocycles. The predicted octanol–water partition coefficient (Wildman–Crippen LogP) is 3.78. The molecule has 0 bridgehead atoms. The normalized spacial score (nSPS) is 17.0. The molecule has 1 unspecified atom stereocenters. The van der Waals surface area contributed by atoms with Crippen LogP contribution in [0.25, 0.3) is 0 Å². The molecule has 0 aliphatic carbocycles. The smallest absolute Gasteiger partial charge is 0.161 e. The molecule has 16 heavy (non-hydrogen) atoms. The second-order valence-electron chi connectivity index (χ2n) is 5.13. The Morgan fingerprint density at radius 2 is 1.75 bits per heavy atom. The minimum absolute atomic E-state index is 0.0247. The topological polar surface area (TPSA) is 18.5 Å². The largest absolute Gasteiger partial charge is 0.486 e. The summed E-state index contributed by atoms with van der Waals surface area (Å²) in [5, 5.41) is -0.0247. The van der Waals surface area contributed by atoms with Crippen molar-refractivity contribution in [3.63, 3.8) is 0 Å². The quantitative estimate of drug-likeness (QED) is 0.696. The van der Waals surface area contributed by atoms with Crippen molar-refractivity contribution in [1.29, 1.82) is 0 Å². The fourth-order valence-electron chi connectivity index (χ4n) is 1.72. The zero-order valence-electron chi connectivity index (χ0n) is 9.92. The van der Waals surface area contributed by atoms with Gasteiger partial charge in [-0.25, -0.2) is 0 Å². The highest BCUT2D eigenvalue weighted by atomic mass is 35.5. The maximum atomic E-state index is 6.43. The van der Waals surface area contributed by atoms with Crippen molar-refractivity contribution in [2.45, 2.75) is 26.1 Å². The molecule has 1 aromatic carbocycles. The van der Waals surface area contributed by atoms with Crippen LogP contribution in [0, 0.1) is 5.41 Å². The number of halogens is 1. The van der Waals surface area contributed by atoms with E-state index in [4.69, 9.17) is 21.1 Å². The van der Waals surface area contributed by atoms with Gasteiger partial charge in [0.15, 0.2) is 11.5 Å². The van der Waals surface area contributed by atoms with Crippen molar-refractivity contribution in [2.75, 3.05) is 13.2 Å². The first-order valence-electron chi connectivity index (χ1n) is 5.52. The van der Waals surface area contributed by atoms with Crippen molar-refractivity contribution in [3.8, 4) is 11.5 Å². The minimum Gasteiger partial charge on any atom is -0.486 e. The standard InChI is InChI=1S/C13H17ClO2/c1-13(2,3)12(14)9-4-5-10-11(8-9)16-7-6-15-10/h4-5,8,12H,6-7H2,1-3H3. The molecule has 0 fully saturated rings. The highest BCUT2D eigenvalue weighted by molar-refractivity contribution is 6.21. The van der Waals surface area contributed by atoms with Gasteiger partial charge in [-0.2, -0.15) is 0 Å². The second-order valence-corrected chi connectivity index (χ2v) is 5.57. The van der Waals surface area contributed by atoms with E-state index in [1.807, 2.05) is 18.2 Å². The van der Waals surface area contributed by atoms with Gasteiger partial charge in [0, 0.05) is 0 Å². The summed E-state index contributed by atoms with van der Waals surface area (Å²) in [6.45, 7) is 7.61. The first-order chi connectivity index (χ1) is 7.48. The Bertz CT molecular complexity index is 382. The lowest BCUT2D eigenvalue weighted by atomic mass is 9.87. The summed E-state index contributed by atoms with van der Waals surface area (Å²) < 4.78 is 11.0. The third kappa shape index (κ3) is 2.27. The first kappa shape index (κ1) is 11.6. The average molecular weight is 241 g/mol. The van der Waals surface area contributed by atoms with Crippen LogP contribution in [-0.4, -0.2) is 13.2 Å². The molecule has 1 aromatic rings. The zero-order chi connectivity index (χ0) is 11.8. The Morgan fingerprint density at radius 1 is 1.12 bits per heavy atom. The third-order valence-corrected chi connectivity index (χ3v) is 3.53. The van der Waals surface area contributed by atoms with Gasteiger partial charge in [0.2, 0.25) is 0 Å². The Balaban J connectivity index is 2.30. The number of rotatable bonds is 1. The molecule has 1 heterocycles. The fourth-order valence-corrected chi connectivity index (χ4v) is 1.85. The van der Waals surface area contributed by atoms with Gasteiger partial charge in [-0.1, -0.05) is 26.8 Å². The number of fused-ring (bicyclic) bond motifs is 1. The Kier molecular flexibility index (Phi) is 3.02. The Morgan fingerprint density at radius 3 is 2.38 bits per heavy atom. The van der Waals surface area contributed by atoms with Crippen molar-refractivity contribution >= 4 is 11.6 Å². The molecule has 0 amide bonds. The molecule has 0 radical (unpaired) electrons. The van der Waals surface area contributed by atoms with Crippen LogP contribution in [0.5, 0.6) is 11.5 Å². The molecule has 2 rings (SSSR count). The van der Waals surface area contributed by atoms with Crippen LogP contribution in [0.15, 0.2) is 18.2 Å². The molecule has 0 saturated heterocycles. The summed E-state index contributed by atoms with van der Waals surface area (Å²) in [7, 11) is 0. The van der Waals surface area contributed by atoms with Crippen LogP contribution in [0.1, 0.15) is 31.7 Å². The van der Waals surface area contributed by atoms with Gasteiger partial charge in [-0.15, -0.1) is 11.6 Å². The summed E-state index contributed by atoms with van der Waals surface area (Å²) in [4.78, 5) is 0. The molecule has 0 N–H and O–H groups in total. The summed E-state index contributed by atoms with van der Waals surface area (Å²) in [6.07, 6.45) is 0. The van der Waals surface area contributed by atoms with E-state index in [1.54, 1.807) is 0 Å². The number of ether oxygens (including phenoxy) is 2. The number of alkyl halides is 1. The van der Waals surface area contributed by atoms with E-state index < -0.39 is 0 Å². The van der Waals surface area contributed by atoms with E-state index in [0.29, 0.717) is 13.2 Å². The molecule has 3 heteroatoms. The molecule has 1 aliphatic rings. The van der Waals surface area contributed by atoms with Crippen molar-refractivity contribution in [2.24, 2.45) is 5.41 Å². The van der Waals surface area contributed by atoms with Gasteiger partial charge >= 0.3 is 0 Å². The third-order valence-electron chi connectivity index (χ3n) is 2.62. The van der Waals surface area contributed by atoms with Gasteiger partial charge < -0.3 is 9.47 Å². The lowest BCUT2D eigenvalue weighted by Crippen LogP contribution is -2.17. The first-order valence-corrected chi connectivity index (χ1v) is 5.96. The number of hydrogen-bond acceptors (Lipinski definition) is 2. The van der Waals surface area contributed by atoms with Gasteiger partial charge in [-0.05, 0) is 23.1 Å².